The summed E-state index contributed by atoms with van der Waals surface area (Å²) >= 11 is 0. The van der Waals surface area contributed by atoms with Crippen LogP contribution in [-0.2, 0) is 6.54 Å². The first-order valence-electron chi connectivity index (χ1n) is 4.67. The lowest BCUT2D eigenvalue weighted by atomic mass is 10.2. The Balaban J connectivity index is 2.72. The van der Waals surface area contributed by atoms with E-state index >= 15 is 0 Å². The van der Waals surface area contributed by atoms with Gasteiger partial charge in [0.05, 0.1) is 12.1 Å². The number of rotatable bonds is 2. The fraction of sp³-hybridized carbons (Fsp3) is 0.182. The fourth-order valence-corrected chi connectivity index (χ4v) is 1.72. The number of hydrogen-bond acceptors (Lipinski definition) is 3. The van der Waals surface area contributed by atoms with E-state index in [2.05, 4.69) is 5.11 Å². The summed E-state index contributed by atoms with van der Waals surface area (Å²) in [4.78, 5) is 11.4. The van der Waals surface area contributed by atoms with E-state index < -0.39 is 0 Å². The van der Waals surface area contributed by atoms with Gasteiger partial charge in [-0.15, -0.1) is 0 Å². The lowest BCUT2D eigenvalue weighted by molar-refractivity contribution is 0.0941. The summed E-state index contributed by atoms with van der Waals surface area (Å²) in [5.74, 6) is -0.0255. The number of fused-ring (bicyclic) bond motifs is 1. The summed E-state index contributed by atoms with van der Waals surface area (Å²) in [6, 6.07) is 7.64. The third-order valence-corrected chi connectivity index (χ3v) is 2.38. The van der Waals surface area contributed by atoms with E-state index in [0.717, 1.165) is 16.5 Å². The molecule has 0 bridgehead atoms. The molecule has 76 valence electrons. The second kappa shape index (κ2) is 3.65. The van der Waals surface area contributed by atoms with Gasteiger partial charge in [-0.3, -0.25) is 9.36 Å². The highest BCUT2D eigenvalue weighted by Gasteiger charge is 2.09. The fourth-order valence-electron chi connectivity index (χ4n) is 1.72. The summed E-state index contributed by atoms with van der Waals surface area (Å²) in [6.45, 7) is 1.84. The summed E-state index contributed by atoms with van der Waals surface area (Å²) < 4.78 is 1.59. The van der Waals surface area contributed by atoms with E-state index in [1.54, 1.807) is 10.8 Å². The second-order valence-corrected chi connectivity index (χ2v) is 3.38. The third-order valence-electron chi connectivity index (χ3n) is 2.38. The van der Waals surface area contributed by atoms with E-state index in [4.69, 9.17) is 5.53 Å². The minimum atomic E-state index is -0.0255. The van der Waals surface area contributed by atoms with Crippen LogP contribution in [-0.4, -0.2) is 10.5 Å². The Morgan fingerprint density at radius 2 is 2.20 bits per heavy atom. The topological polar surface area (TPSA) is 58.2 Å². The first-order valence-corrected chi connectivity index (χ1v) is 4.67. The molecule has 4 heteroatoms. The Hall–Kier alpha value is -1.97. The second-order valence-electron chi connectivity index (χ2n) is 3.38. The highest BCUT2D eigenvalue weighted by atomic mass is 16.1. The zero-order valence-electron chi connectivity index (χ0n) is 8.40. The van der Waals surface area contributed by atoms with E-state index in [9.17, 15) is 4.79 Å². The molecule has 0 radical (unpaired) electrons. The standard InChI is InChI=1S/C11H11N3O/c1-8(15)14-7-9(6-13-12)10-4-2-3-5-11(10)14/h2-5,7,12H,6H2,1H3. The number of hydrogen-bond donors (Lipinski definition) is 1. The van der Waals surface area contributed by atoms with Gasteiger partial charge in [0, 0.05) is 24.1 Å². The van der Waals surface area contributed by atoms with Gasteiger partial charge in [-0.2, -0.15) is 5.11 Å². The molecule has 4 nitrogen and oxygen atoms in total. The number of carbonyl (C=O) groups excluding carboxylic acids is 1. The van der Waals surface area contributed by atoms with Gasteiger partial charge in [0.25, 0.3) is 0 Å². The van der Waals surface area contributed by atoms with Crippen molar-refractivity contribution in [3.63, 3.8) is 0 Å². The molecule has 0 saturated heterocycles. The van der Waals surface area contributed by atoms with Crippen molar-refractivity contribution in [2.45, 2.75) is 13.5 Å². The average molecular weight is 201 g/mol. The van der Waals surface area contributed by atoms with Crippen molar-refractivity contribution in [3.8, 4) is 0 Å². The molecule has 0 amide bonds. The normalized spacial score (nSPS) is 10.5. The molecular weight excluding hydrogens is 190 g/mol. The predicted octanol–water partition coefficient (Wildman–Crippen LogP) is 2.83. The maximum atomic E-state index is 11.4. The Kier molecular flexibility index (Phi) is 2.33. The zero-order valence-corrected chi connectivity index (χ0v) is 8.40. The van der Waals surface area contributed by atoms with Crippen LogP contribution in [0, 0.1) is 5.53 Å². The lowest BCUT2D eigenvalue weighted by Gasteiger charge is -1.97. The maximum Gasteiger partial charge on any atom is 0.227 e. The van der Waals surface area contributed by atoms with Crippen LogP contribution >= 0.6 is 0 Å². The van der Waals surface area contributed by atoms with Gasteiger partial charge in [-0.1, -0.05) is 18.2 Å². The summed E-state index contributed by atoms with van der Waals surface area (Å²) in [5.41, 5.74) is 8.65. The van der Waals surface area contributed by atoms with Crippen LogP contribution in [0.25, 0.3) is 10.9 Å². The molecule has 0 atom stereocenters. The van der Waals surface area contributed by atoms with Crippen molar-refractivity contribution >= 4 is 16.8 Å². The molecule has 0 unspecified atom stereocenters. The quantitative estimate of drug-likeness (QED) is 0.746. The average Bonchev–Trinajstić information content (AvgIpc) is 2.59. The molecule has 0 aliphatic heterocycles. The lowest BCUT2D eigenvalue weighted by Crippen LogP contribution is -2.02. The van der Waals surface area contributed by atoms with Gasteiger partial charge in [-0.05, 0) is 6.07 Å². The largest absolute Gasteiger partial charge is 0.287 e. The van der Waals surface area contributed by atoms with Crippen molar-refractivity contribution < 1.29 is 4.79 Å². The predicted molar refractivity (Wildman–Crippen MR) is 57.1 cm³/mol. The summed E-state index contributed by atoms with van der Waals surface area (Å²) in [7, 11) is 0. The molecule has 0 aliphatic rings. The first kappa shape index (κ1) is 9.58. The molecule has 0 spiro atoms. The molecule has 0 saturated carbocycles. The van der Waals surface area contributed by atoms with Crippen LogP contribution in [0.1, 0.15) is 17.3 Å². The van der Waals surface area contributed by atoms with Gasteiger partial charge >= 0.3 is 0 Å². The molecule has 1 N–H and O–H groups in total. The number of nitrogens with zero attached hydrogens (tertiary/aromatic N) is 2. The molecule has 2 aromatic rings. The Morgan fingerprint density at radius 3 is 2.87 bits per heavy atom. The van der Waals surface area contributed by atoms with Crippen molar-refractivity contribution in [2.75, 3.05) is 0 Å². The van der Waals surface area contributed by atoms with Crippen LogP contribution in [0.2, 0.25) is 0 Å². The molecule has 15 heavy (non-hydrogen) atoms. The van der Waals surface area contributed by atoms with Gasteiger partial charge in [0.2, 0.25) is 5.91 Å². The van der Waals surface area contributed by atoms with Crippen LogP contribution in [0.3, 0.4) is 0 Å². The van der Waals surface area contributed by atoms with Gasteiger partial charge in [0.15, 0.2) is 0 Å². The minimum absolute atomic E-state index is 0.0255. The van der Waals surface area contributed by atoms with Crippen LogP contribution in [0.15, 0.2) is 35.6 Å². The van der Waals surface area contributed by atoms with E-state index in [0.29, 0.717) is 6.54 Å². The van der Waals surface area contributed by atoms with Crippen molar-refractivity contribution in [1.29, 1.82) is 5.53 Å². The van der Waals surface area contributed by atoms with Crippen LogP contribution in [0.5, 0.6) is 0 Å². The monoisotopic (exact) mass is 201 g/mol. The highest BCUT2D eigenvalue weighted by molar-refractivity contribution is 5.93. The number of aromatic nitrogens is 1. The summed E-state index contributed by atoms with van der Waals surface area (Å²) in [5, 5.41) is 4.34. The SMILES string of the molecule is CC(=O)n1cc(CN=N)c2ccccc21. The van der Waals surface area contributed by atoms with Crippen molar-refractivity contribution in [1.82, 2.24) is 4.57 Å². The molecule has 2 rings (SSSR count). The molecule has 0 aliphatic carbocycles. The molecule has 1 aromatic heterocycles. The van der Waals surface area contributed by atoms with Gasteiger partial charge in [0.1, 0.15) is 0 Å². The minimum Gasteiger partial charge on any atom is -0.287 e. The van der Waals surface area contributed by atoms with Gasteiger partial charge in [-0.25, -0.2) is 5.53 Å². The number of para-hydroxylation sites is 1. The zero-order chi connectivity index (χ0) is 10.8. The van der Waals surface area contributed by atoms with E-state index in [1.165, 1.54) is 6.92 Å². The molecule has 1 heterocycles. The smallest absolute Gasteiger partial charge is 0.227 e. The Morgan fingerprint density at radius 1 is 1.47 bits per heavy atom. The Labute approximate surface area is 87.0 Å². The highest BCUT2D eigenvalue weighted by Crippen LogP contribution is 2.21. The Bertz CT molecular complexity index is 528. The van der Waals surface area contributed by atoms with Crippen LogP contribution < -0.4 is 0 Å². The van der Waals surface area contributed by atoms with Crippen molar-refractivity contribution in [2.24, 2.45) is 5.11 Å². The number of nitrogens with one attached hydrogen (secondary N) is 1. The van der Waals surface area contributed by atoms with E-state index in [-0.39, 0.29) is 5.91 Å². The molecular formula is C11H11N3O. The van der Waals surface area contributed by atoms with Crippen LogP contribution in [0.4, 0.5) is 0 Å². The van der Waals surface area contributed by atoms with E-state index in [1.807, 2.05) is 24.3 Å². The molecule has 1 aromatic carbocycles. The number of benzene rings is 1. The maximum absolute atomic E-state index is 11.4. The van der Waals surface area contributed by atoms with Gasteiger partial charge < -0.3 is 0 Å². The summed E-state index contributed by atoms with van der Waals surface area (Å²) in [6.07, 6.45) is 1.76. The third kappa shape index (κ3) is 1.54. The molecule has 0 fully saturated rings. The van der Waals surface area contributed by atoms with Crippen molar-refractivity contribution in [3.05, 3.63) is 36.0 Å². The number of carbonyl (C=O) groups is 1. The first-order chi connectivity index (χ1) is 7.24.